The lowest BCUT2D eigenvalue weighted by Crippen LogP contribution is -2.32. The van der Waals surface area contributed by atoms with Crippen LogP contribution in [0.4, 0.5) is 5.69 Å². The Hall–Kier alpha value is -2.69. The van der Waals surface area contributed by atoms with Gasteiger partial charge in [0.25, 0.3) is 0 Å². The van der Waals surface area contributed by atoms with Crippen molar-refractivity contribution in [3.63, 3.8) is 0 Å². The van der Waals surface area contributed by atoms with Gasteiger partial charge >= 0.3 is 0 Å². The van der Waals surface area contributed by atoms with Crippen molar-refractivity contribution in [1.29, 1.82) is 0 Å². The van der Waals surface area contributed by atoms with Gasteiger partial charge < -0.3 is 9.80 Å². The van der Waals surface area contributed by atoms with Crippen molar-refractivity contribution in [2.75, 3.05) is 25.0 Å². The second kappa shape index (κ2) is 7.47. The summed E-state index contributed by atoms with van der Waals surface area (Å²) in [5.74, 6) is 0.198. The predicted molar refractivity (Wildman–Crippen MR) is 97.4 cm³/mol. The van der Waals surface area contributed by atoms with E-state index in [1.54, 1.807) is 29.1 Å². The molecule has 2 aromatic rings. The van der Waals surface area contributed by atoms with Crippen LogP contribution in [0.2, 0.25) is 0 Å². The molecule has 2 heterocycles. The molecule has 3 rings (SSSR count). The third-order valence-corrected chi connectivity index (χ3v) is 4.78. The van der Waals surface area contributed by atoms with Crippen LogP contribution in [0.25, 0.3) is 0 Å². The fourth-order valence-electron chi connectivity index (χ4n) is 3.31. The van der Waals surface area contributed by atoms with Crippen LogP contribution in [-0.4, -0.2) is 41.8 Å². The van der Waals surface area contributed by atoms with E-state index in [0.717, 1.165) is 17.7 Å². The molecule has 1 unspecified atom stereocenters. The first-order valence-electron chi connectivity index (χ1n) is 8.56. The number of amides is 2. The highest BCUT2D eigenvalue weighted by Crippen LogP contribution is 2.38. The number of pyridine rings is 1. The summed E-state index contributed by atoms with van der Waals surface area (Å²) in [5, 5.41) is 0. The quantitative estimate of drug-likeness (QED) is 0.843. The van der Waals surface area contributed by atoms with Gasteiger partial charge in [-0.15, -0.1) is 0 Å². The van der Waals surface area contributed by atoms with Crippen LogP contribution in [0.3, 0.4) is 0 Å². The molecule has 1 aromatic carbocycles. The Morgan fingerprint density at radius 1 is 1.20 bits per heavy atom. The number of hydrogen-bond acceptors (Lipinski definition) is 3. The number of anilines is 1. The highest BCUT2D eigenvalue weighted by atomic mass is 16.2. The van der Waals surface area contributed by atoms with Crippen molar-refractivity contribution in [3.05, 3.63) is 59.9 Å². The van der Waals surface area contributed by atoms with Crippen LogP contribution in [0.1, 0.15) is 30.4 Å². The summed E-state index contributed by atoms with van der Waals surface area (Å²) >= 11 is 0. The maximum atomic E-state index is 12.6. The van der Waals surface area contributed by atoms with Gasteiger partial charge in [-0.3, -0.25) is 14.6 Å². The molecule has 1 aromatic heterocycles. The highest BCUT2D eigenvalue weighted by Gasteiger charge is 2.32. The second-order valence-corrected chi connectivity index (χ2v) is 6.51. The molecule has 0 aliphatic carbocycles. The minimum absolute atomic E-state index is 0.0217. The maximum Gasteiger partial charge on any atom is 0.223 e. The molecule has 0 N–H and O–H groups in total. The summed E-state index contributed by atoms with van der Waals surface area (Å²) < 4.78 is 0. The highest BCUT2D eigenvalue weighted by molar-refractivity contribution is 5.94. The van der Waals surface area contributed by atoms with Crippen molar-refractivity contribution in [2.24, 2.45) is 0 Å². The summed E-state index contributed by atoms with van der Waals surface area (Å²) in [6.07, 6.45) is 4.77. The molecule has 2 amide bonds. The van der Waals surface area contributed by atoms with Crippen LogP contribution in [0, 0.1) is 0 Å². The molecule has 1 aliphatic rings. The lowest BCUT2D eigenvalue weighted by atomic mass is 9.97. The molecule has 0 saturated heterocycles. The van der Waals surface area contributed by atoms with E-state index in [1.807, 2.05) is 43.4 Å². The van der Waals surface area contributed by atoms with Crippen LogP contribution in [-0.2, 0) is 16.0 Å². The number of fused-ring (bicyclic) bond motifs is 1. The summed E-state index contributed by atoms with van der Waals surface area (Å²) in [6, 6.07) is 11.8. The number of aromatic nitrogens is 1. The smallest absolute Gasteiger partial charge is 0.223 e. The summed E-state index contributed by atoms with van der Waals surface area (Å²) in [4.78, 5) is 32.0. The van der Waals surface area contributed by atoms with Crippen molar-refractivity contribution in [1.82, 2.24) is 9.88 Å². The van der Waals surface area contributed by atoms with Crippen LogP contribution < -0.4 is 4.90 Å². The number of hydrogen-bond donors (Lipinski definition) is 0. The largest absolute Gasteiger partial charge is 0.345 e. The first-order chi connectivity index (χ1) is 12.1. The van der Waals surface area contributed by atoms with Gasteiger partial charge in [-0.05, 0) is 35.7 Å². The average molecular weight is 337 g/mol. The zero-order valence-corrected chi connectivity index (χ0v) is 14.7. The number of rotatable bonds is 5. The van der Waals surface area contributed by atoms with E-state index < -0.39 is 0 Å². The molecule has 130 valence electrons. The molecule has 5 nitrogen and oxygen atoms in total. The molecule has 1 aliphatic heterocycles. The zero-order valence-electron chi connectivity index (χ0n) is 14.7. The topological polar surface area (TPSA) is 53.5 Å². The molecule has 5 heteroatoms. The van der Waals surface area contributed by atoms with Gasteiger partial charge in [0.15, 0.2) is 0 Å². The Labute approximate surface area is 148 Å². The molecule has 0 fully saturated rings. The fourth-order valence-corrected chi connectivity index (χ4v) is 3.31. The molecule has 0 radical (unpaired) electrons. The second-order valence-electron chi connectivity index (χ2n) is 6.51. The van der Waals surface area contributed by atoms with Crippen molar-refractivity contribution < 1.29 is 9.59 Å². The van der Waals surface area contributed by atoms with E-state index >= 15 is 0 Å². The van der Waals surface area contributed by atoms with Crippen LogP contribution in [0.5, 0.6) is 0 Å². The lowest BCUT2D eigenvalue weighted by molar-refractivity contribution is -0.130. The standard InChI is InChI=1S/C20H23N3O2/c1-15(24)23-14-17(18-5-3-4-6-19(18)23)13-20(25)22(2)12-9-16-7-10-21-11-8-16/h3-8,10-11,17H,9,12-14H2,1-2H3. The normalized spacial score (nSPS) is 15.8. The minimum Gasteiger partial charge on any atom is -0.345 e. The molecule has 0 saturated carbocycles. The Balaban J connectivity index is 1.62. The van der Waals surface area contributed by atoms with Gasteiger partial charge in [-0.25, -0.2) is 0 Å². The van der Waals surface area contributed by atoms with Gasteiger partial charge in [0.2, 0.25) is 11.8 Å². The van der Waals surface area contributed by atoms with Gasteiger partial charge in [0, 0.05) is 57.5 Å². The van der Waals surface area contributed by atoms with Crippen LogP contribution in [0.15, 0.2) is 48.8 Å². The van der Waals surface area contributed by atoms with Crippen molar-refractivity contribution >= 4 is 17.5 Å². The van der Waals surface area contributed by atoms with E-state index in [9.17, 15) is 9.59 Å². The summed E-state index contributed by atoms with van der Waals surface area (Å²) in [5.41, 5.74) is 3.20. The number of likely N-dealkylation sites (N-methyl/N-ethyl adjacent to an activating group) is 1. The maximum absolute atomic E-state index is 12.6. The number of benzene rings is 1. The Kier molecular flexibility index (Phi) is 5.12. The molecular weight excluding hydrogens is 314 g/mol. The van der Waals surface area contributed by atoms with Gasteiger partial charge in [0.05, 0.1) is 0 Å². The predicted octanol–water partition coefficient (Wildman–Crippen LogP) is 2.62. The van der Waals surface area contributed by atoms with E-state index in [0.29, 0.717) is 19.5 Å². The molecular formula is C20H23N3O2. The zero-order chi connectivity index (χ0) is 17.8. The molecule has 0 bridgehead atoms. The Bertz CT molecular complexity index is 761. The number of para-hydroxylation sites is 1. The van der Waals surface area contributed by atoms with Crippen molar-refractivity contribution in [2.45, 2.75) is 25.7 Å². The molecule has 1 atom stereocenters. The van der Waals surface area contributed by atoms with Gasteiger partial charge in [-0.1, -0.05) is 18.2 Å². The van der Waals surface area contributed by atoms with E-state index in [1.165, 1.54) is 5.56 Å². The fraction of sp³-hybridized carbons (Fsp3) is 0.350. The first kappa shape index (κ1) is 17.1. The molecule has 25 heavy (non-hydrogen) atoms. The van der Waals surface area contributed by atoms with Gasteiger partial charge in [-0.2, -0.15) is 0 Å². The third-order valence-electron chi connectivity index (χ3n) is 4.78. The summed E-state index contributed by atoms with van der Waals surface area (Å²) in [7, 11) is 1.84. The number of carbonyl (C=O) groups excluding carboxylic acids is 2. The third kappa shape index (κ3) is 3.87. The summed E-state index contributed by atoms with van der Waals surface area (Å²) in [6.45, 7) is 2.83. The number of carbonyl (C=O) groups is 2. The Morgan fingerprint density at radius 3 is 2.64 bits per heavy atom. The molecule has 0 spiro atoms. The van der Waals surface area contributed by atoms with E-state index in [2.05, 4.69) is 4.98 Å². The first-order valence-corrected chi connectivity index (χ1v) is 8.56. The minimum atomic E-state index is 0.0217. The van der Waals surface area contributed by atoms with E-state index in [4.69, 9.17) is 0 Å². The SMILES string of the molecule is CC(=O)N1CC(CC(=O)N(C)CCc2ccncc2)c2ccccc21. The van der Waals surface area contributed by atoms with Crippen LogP contribution >= 0.6 is 0 Å². The van der Waals surface area contributed by atoms with Crippen molar-refractivity contribution in [3.8, 4) is 0 Å². The monoisotopic (exact) mass is 337 g/mol. The van der Waals surface area contributed by atoms with E-state index in [-0.39, 0.29) is 17.7 Å². The van der Waals surface area contributed by atoms with Gasteiger partial charge in [0.1, 0.15) is 0 Å². The Morgan fingerprint density at radius 2 is 1.92 bits per heavy atom. The number of nitrogens with zero attached hydrogens (tertiary/aromatic N) is 3. The lowest BCUT2D eigenvalue weighted by Gasteiger charge is -2.20. The average Bonchev–Trinajstić information content (AvgIpc) is 2.99.